The molecule has 0 spiro atoms. The highest BCUT2D eigenvalue weighted by Crippen LogP contribution is 2.40. The molecule has 0 saturated heterocycles. The fraction of sp³-hybridized carbons (Fsp3) is 0.364. The smallest absolute Gasteiger partial charge is 0.342 e. The molecule has 0 radical (unpaired) electrons. The number of carbonyl (C=O) groups excluding carboxylic acids is 1. The Balaban J connectivity index is 0.00000324. The summed E-state index contributed by atoms with van der Waals surface area (Å²) in [6.07, 6.45) is -2.18. The molecule has 8 heteroatoms. The van der Waals surface area contributed by atoms with Crippen molar-refractivity contribution in [1.82, 2.24) is 0 Å². The number of benzene rings is 1. The first-order chi connectivity index (χ1) is 8.40. The first-order valence-electron chi connectivity index (χ1n) is 5.20. The molecule has 2 atom stereocenters. The van der Waals surface area contributed by atoms with Crippen LogP contribution in [0.3, 0.4) is 0 Å². The van der Waals surface area contributed by atoms with Crippen molar-refractivity contribution in [2.75, 3.05) is 6.61 Å². The van der Waals surface area contributed by atoms with Crippen LogP contribution in [0.25, 0.3) is 0 Å². The molecule has 6 nitrogen and oxygen atoms in total. The number of ether oxygens (including phenoxy) is 1. The molecule has 0 fully saturated rings. The largest absolute Gasteiger partial charge is 0.504 e. The summed E-state index contributed by atoms with van der Waals surface area (Å²) in [6.45, 7) is 1.51. The van der Waals surface area contributed by atoms with Crippen LogP contribution in [0.1, 0.15) is 18.5 Å². The van der Waals surface area contributed by atoms with Gasteiger partial charge < -0.3 is 25.8 Å². The molecule has 0 amide bonds. The number of nitrogens with two attached hydrogens (primary N) is 1. The Morgan fingerprint density at radius 1 is 1.37 bits per heavy atom. The highest BCUT2D eigenvalue weighted by atomic mass is 35.5. The van der Waals surface area contributed by atoms with Gasteiger partial charge in [0.2, 0.25) is 11.9 Å². The van der Waals surface area contributed by atoms with E-state index in [1.54, 1.807) is 0 Å². The van der Waals surface area contributed by atoms with Gasteiger partial charge in [0.05, 0.1) is 12.6 Å². The summed E-state index contributed by atoms with van der Waals surface area (Å²) in [7, 11) is 0. The van der Waals surface area contributed by atoms with Crippen LogP contribution in [0.5, 0.6) is 17.2 Å². The Morgan fingerprint density at radius 3 is 2.47 bits per heavy atom. The van der Waals surface area contributed by atoms with Gasteiger partial charge in [-0.1, -0.05) is 0 Å². The molecule has 0 aliphatic rings. The van der Waals surface area contributed by atoms with Crippen LogP contribution in [0, 0.1) is 0 Å². The summed E-state index contributed by atoms with van der Waals surface area (Å²) in [5, 5.41) is 27.9. The zero-order chi connectivity index (χ0) is 13.9. The second-order valence-corrected chi connectivity index (χ2v) is 3.55. The number of halogens is 2. The third-order valence-corrected chi connectivity index (χ3v) is 2.35. The summed E-state index contributed by atoms with van der Waals surface area (Å²) in [6, 6.07) is 0.638. The first kappa shape index (κ1) is 17.3. The van der Waals surface area contributed by atoms with Crippen molar-refractivity contribution in [1.29, 1.82) is 0 Å². The van der Waals surface area contributed by atoms with E-state index in [2.05, 4.69) is 4.74 Å². The van der Waals surface area contributed by atoms with Crippen molar-refractivity contribution >= 4 is 18.4 Å². The van der Waals surface area contributed by atoms with Crippen molar-refractivity contribution in [3.63, 3.8) is 0 Å². The van der Waals surface area contributed by atoms with Crippen molar-refractivity contribution < 1.29 is 29.2 Å². The van der Waals surface area contributed by atoms with E-state index in [1.165, 1.54) is 6.92 Å². The molecule has 1 rings (SSSR count). The SMILES string of the molecule is CCOC(=O)C(F)[C@H](N)c1ccc(O)c(O)c1O.Cl. The minimum Gasteiger partial charge on any atom is -0.504 e. The fourth-order valence-electron chi connectivity index (χ4n) is 1.38. The molecule has 5 N–H and O–H groups in total. The molecule has 108 valence electrons. The molecular formula is C11H15ClFNO5. The molecule has 0 aromatic heterocycles. The number of carbonyl (C=O) groups is 1. The van der Waals surface area contributed by atoms with E-state index < -0.39 is 35.4 Å². The summed E-state index contributed by atoms with van der Waals surface area (Å²) in [5.41, 5.74) is 5.26. The highest BCUT2D eigenvalue weighted by Gasteiger charge is 2.30. The van der Waals surface area contributed by atoms with Gasteiger partial charge in [-0.15, -0.1) is 12.4 Å². The van der Waals surface area contributed by atoms with Crippen molar-refractivity contribution in [3.8, 4) is 17.2 Å². The number of phenolic OH excluding ortho intramolecular Hbond substituents is 3. The van der Waals surface area contributed by atoms with Crippen molar-refractivity contribution in [2.45, 2.75) is 19.1 Å². The molecule has 1 aromatic carbocycles. The Labute approximate surface area is 115 Å². The van der Waals surface area contributed by atoms with E-state index in [4.69, 9.17) is 10.8 Å². The van der Waals surface area contributed by atoms with Gasteiger partial charge in [0.25, 0.3) is 0 Å². The zero-order valence-electron chi connectivity index (χ0n) is 10.0. The van der Waals surface area contributed by atoms with Gasteiger partial charge in [0, 0.05) is 5.56 Å². The lowest BCUT2D eigenvalue weighted by Crippen LogP contribution is -2.31. The van der Waals surface area contributed by atoms with Gasteiger partial charge in [-0.2, -0.15) is 0 Å². The van der Waals surface area contributed by atoms with E-state index in [9.17, 15) is 19.4 Å². The summed E-state index contributed by atoms with van der Waals surface area (Å²) >= 11 is 0. The monoisotopic (exact) mass is 295 g/mol. The number of hydrogen-bond acceptors (Lipinski definition) is 6. The number of hydrogen-bond donors (Lipinski definition) is 4. The van der Waals surface area contributed by atoms with Gasteiger partial charge >= 0.3 is 5.97 Å². The lowest BCUT2D eigenvalue weighted by Gasteiger charge is -2.17. The molecule has 0 aliphatic carbocycles. The van der Waals surface area contributed by atoms with Crippen LogP contribution in [0.15, 0.2) is 12.1 Å². The number of phenols is 3. The molecule has 0 bridgehead atoms. The molecule has 0 heterocycles. The van der Waals surface area contributed by atoms with Crippen LogP contribution < -0.4 is 5.73 Å². The number of aromatic hydroxyl groups is 3. The highest BCUT2D eigenvalue weighted by molar-refractivity contribution is 5.85. The maximum absolute atomic E-state index is 13.6. The predicted octanol–water partition coefficient (Wildman–Crippen LogP) is 1.13. The third-order valence-electron chi connectivity index (χ3n) is 2.35. The van der Waals surface area contributed by atoms with E-state index in [0.717, 1.165) is 12.1 Å². The van der Waals surface area contributed by atoms with Crippen LogP contribution >= 0.6 is 12.4 Å². The summed E-state index contributed by atoms with van der Waals surface area (Å²) in [4.78, 5) is 11.2. The van der Waals surface area contributed by atoms with Gasteiger partial charge in [0.15, 0.2) is 11.5 Å². The Bertz CT molecular complexity index is 457. The van der Waals surface area contributed by atoms with Crippen LogP contribution in [-0.4, -0.2) is 34.1 Å². The van der Waals surface area contributed by atoms with Crippen LogP contribution in [0.2, 0.25) is 0 Å². The lowest BCUT2D eigenvalue weighted by molar-refractivity contribution is -0.149. The van der Waals surface area contributed by atoms with E-state index in [-0.39, 0.29) is 24.6 Å². The van der Waals surface area contributed by atoms with E-state index in [0.29, 0.717) is 0 Å². The van der Waals surface area contributed by atoms with Crippen LogP contribution in [0.4, 0.5) is 4.39 Å². The molecule has 19 heavy (non-hydrogen) atoms. The van der Waals surface area contributed by atoms with E-state index >= 15 is 0 Å². The standard InChI is InChI=1S/C11H14FNO5.ClH/c1-2-18-11(17)7(12)8(13)5-3-4-6(14)10(16)9(5)15;/h3-4,7-8,14-16H,2,13H2,1H3;1H/t7?,8-;/m1./s1. The average Bonchev–Trinajstić information content (AvgIpc) is 2.35. The normalized spacial score (nSPS) is 13.2. The van der Waals surface area contributed by atoms with Gasteiger partial charge in [-0.3, -0.25) is 0 Å². The fourth-order valence-corrected chi connectivity index (χ4v) is 1.38. The molecular weight excluding hydrogens is 281 g/mol. The van der Waals surface area contributed by atoms with Crippen molar-refractivity contribution in [2.24, 2.45) is 5.73 Å². The minimum atomic E-state index is -2.18. The second kappa shape index (κ2) is 7.01. The molecule has 0 aliphatic heterocycles. The Morgan fingerprint density at radius 2 is 1.95 bits per heavy atom. The Kier molecular flexibility index (Phi) is 6.37. The lowest BCUT2D eigenvalue weighted by atomic mass is 10.0. The number of alkyl halides is 1. The maximum Gasteiger partial charge on any atom is 0.342 e. The predicted molar refractivity (Wildman–Crippen MR) is 67.1 cm³/mol. The van der Waals surface area contributed by atoms with Gasteiger partial charge in [-0.25, -0.2) is 9.18 Å². The topological polar surface area (TPSA) is 113 Å². The average molecular weight is 296 g/mol. The molecule has 1 aromatic rings. The van der Waals surface area contributed by atoms with Gasteiger partial charge in [-0.05, 0) is 19.1 Å². The maximum atomic E-state index is 13.6. The summed E-state index contributed by atoms with van der Waals surface area (Å²) < 4.78 is 18.1. The van der Waals surface area contributed by atoms with E-state index in [1.807, 2.05) is 0 Å². The number of rotatable bonds is 4. The number of esters is 1. The zero-order valence-corrected chi connectivity index (χ0v) is 10.9. The minimum absolute atomic E-state index is 0. The van der Waals surface area contributed by atoms with Crippen LogP contribution in [-0.2, 0) is 9.53 Å². The van der Waals surface area contributed by atoms with Crippen molar-refractivity contribution in [3.05, 3.63) is 17.7 Å². The Hall–Kier alpha value is -1.73. The molecule has 1 unspecified atom stereocenters. The third kappa shape index (κ3) is 3.62. The first-order valence-corrected chi connectivity index (χ1v) is 5.20. The second-order valence-electron chi connectivity index (χ2n) is 3.55. The molecule has 0 saturated carbocycles. The van der Waals surface area contributed by atoms with Gasteiger partial charge in [0.1, 0.15) is 0 Å². The quantitative estimate of drug-likeness (QED) is 0.489. The summed E-state index contributed by atoms with van der Waals surface area (Å²) in [5.74, 6) is -3.32.